The molecule has 1 aromatic heterocycles. The van der Waals surface area contributed by atoms with Gasteiger partial charge in [-0.2, -0.15) is 5.10 Å². The summed E-state index contributed by atoms with van der Waals surface area (Å²) in [6, 6.07) is 16.4. The van der Waals surface area contributed by atoms with Crippen molar-refractivity contribution >= 4 is 23.4 Å². The van der Waals surface area contributed by atoms with Crippen molar-refractivity contribution in [3.8, 4) is 5.75 Å². The average Bonchev–Trinajstić information content (AvgIpc) is 2.73. The molecule has 0 unspecified atom stereocenters. The highest BCUT2D eigenvalue weighted by molar-refractivity contribution is 5.82. The maximum atomic E-state index is 11.4. The third-order valence-corrected chi connectivity index (χ3v) is 3.78. The Labute approximate surface area is 164 Å². The van der Waals surface area contributed by atoms with E-state index in [4.69, 9.17) is 4.74 Å². The van der Waals surface area contributed by atoms with Crippen LogP contribution < -0.4 is 10.2 Å². The molecule has 1 heterocycles. The van der Waals surface area contributed by atoms with E-state index < -0.39 is 9.85 Å². The summed E-state index contributed by atoms with van der Waals surface area (Å²) in [5, 5.41) is 26.2. The lowest BCUT2D eigenvalue weighted by atomic mass is 10.2. The lowest BCUT2D eigenvalue weighted by molar-refractivity contribution is -0.386. The molecule has 2 aromatic carbocycles. The van der Waals surface area contributed by atoms with Crippen LogP contribution in [0.15, 0.2) is 72.0 Å². The molecule has 0 radical (unpaired) electrons. The number of pyridine rings is 1. The summed E-state index contributed by atoms with van der Waals surface area (Å²) < 4.78 is 5.57. The predicted octanol–water partition coefficient (Wildman–Crippen LogP) is 3.92. The molecule has 0 saturated heterocycles. The van der Waals surface area contributed by atoms with Gasteiger partial charge in [-0.25, -0.2) is 4.98 Å². The number of nitro benzene ring substituents is 1. The number of anilines is 1. The Balaban J connectivity index is 1.74. The van der Waals surface area contributed by atoms with Gasteiger partial charge in [0.2, 0.25) is 5.82 Å². The number of nitrogens with one attached hydrogen (secondary N) is 1. The van der Waals surface area contributed by atoms with Gasteiger partial charge in [0.15, 0.2) is 5.75 Å². The molecule has 0 atom stereocenters. The first kappa shape index (κ1) is 19.4. The quantitative estimate of drug-likeness (QED) is 0.348. The van der Waals surface area contributed by atoms with Gasteiger partial charge < -0.3 is 4.74 Å². The third kappa shape index (κ3) is 5.10. The topological polar surface area (TPSA) is 133 Å². The summed E-state index contributed by atoms with van der Waals surface area (Å²) in [6.07, 6.45) is 2.68. The smallest absolute Gasteiger partial charge is 0.313 e. The van der Waals surface area contributed by atoms with Crippen LogP contribution in [0.5, 0.6) is 5.75 Å². The van der Waals surface area contributed by atoms with Gasteiger partial charge in [-0.15, -0.1) is 0 Å². The number of aromatic nitrogens is 1. The fourth-order valence-electron chi connectivity index (χ4n) is 2.41. The van der Waals surface area contributed by atoms with E-state index in [1.54, 1.807) is 6.07 Å². The van der Waals surface area contributed by atoms with Crippen molar-refractivity contribution in [2.24, 2.45) is 5.10 Å². The van der Waals surface area contributed by atoms with E-state index in [0.29, 0.717) is 5.56 Å². The largest absolute Gasteiger partial charge is 0.482 e. The highest BCUT2D eigenvalue weighted by Crippen LogP contribution is 2.28. The monoisotopic (exact) mass is 393 g/mol. The van der Waals surface area contributed by atoms with Crippen molar-refractivity contribution < 1.29 is 14.6 Å². The molecule has 29 heavy (non-hydrogen) atoms. The molecule has 0 saturated carbocycles. The van der Waals surface area contributed by atoms with Crippen molar-refractivity contribution in [3.63, 3.8) is 0 Å². The minimum absolute atomic E-state index is 0.0361. The second kappa shape index (κ2) is 9.04. The standard InChI is InChI=1S/C19H15N5O5/c25-23(26)16-7-4-10-20-19(16)22-21-12-15-8-9-18(17(11-15)24(27)28)29-13-14-5-2-1-3-6-14/h1-12H,13H2,(H,20,22)/b21-12-. The minimum atomic E-state index is -0.589. The van der Waals surface area contributed by atoms with Gasteiger partial charge >= 0.3 is 11.4 Å². The van der Waals surface area contributed by atoms with E-state index in [2.05, 4.69) is 15.5 Å². The molecular weight excluding hydrogens is 378 g/mol. The average molecular weight is 393 g/mol. The van der Waals surface area contributed by atoms with Gasteiger partial charge in [-0.3, -0.25) is 25.7 Å². The third-order valence-electron chi connectivity index (χ3n) is 3.78. The number of hydrazone groups is 1. The second-order valence-corrected chi connectivity index (χ2v) is 5.76. The molecule has 3 aromatic rings. The molecule has 0 aliphatic carbocycles. The molecule has 0 bridgehead atoms. The van der Waals surface area contributed by atoms with Gasteiger partial charge in [0, 0.05) is 23.9 Å². The zero-order valence-corrected chi connectivity index (χ0v) is 15.0. The van der Waals surface area contributed by atoms with E-state index in [9.17, 15) is 20.2 Å². The van der Waals surface area contributed by atoms with Crippen molar-refractivity contribution in [1.82, 2.24) is 4.98 Å². The van der Waals surface area contributed by atoms with E-state index in [-0.39, 0.29) is 29.5 Å². The number of hydrogen-bond donors (Lipinski definition) is 1. The molecule has 0 fully saturated rings. The number of ether oxygens (including phenoxy) is 1. The Kier molecular flexibility index (Phi) is 6.05. The molecule has 0 amide bonds. The van der Waals surface area contributed by atoms with E-state index in [0.717, 1.165) is 5.56 Å². The summed E-state index contributed by atoms with van der Waals surface area (Å²) in [5.41, 5.74) is 3.31. The summed E-state index contributed by atoms with van der Waals surface area (Å²) in [7, 11) is 0. The molecule has 146 valence electrons. The zero-order chi connectivity index (χ0) is 20.6. The van der Waals surface area contributed by atoms with Crippen LogP contribution in [-0.4, -0.2) is 21.0 Å². The van der Waals surface area contributed by atoms with Gasteiger partial charge in [0.1, 0.15) is 6.61 Å². The maximum Gasteiger partial charge on any atom is 0.313 e. The first-order valence-corrected chi connectivity index (χ1v) is 8.38. The van der Waals surface area contributed by atoms with E-state index in [1.807, 2.05) is 30.3 Å². The number of rotatable bonds is 8. The van der Waals surface area contributed by atoms with Crippen LogP contribution in [0.1, 0.15) is 11.1 Å². The highest BCUT2D eigenvalue weighted by atomic mass is 16.6. The van der Waals surface area contributed by atoms with Crippen LogP contribution in [0.3, 0.4) is 0 Å². The number of benzene rings is 2. The fourth-order valence-corrected chi connectivity index (χ4v) is 2.41. The normalized spacial score (nSPS) is 10.6. The van der Waals surface area contributed by atoms with E-state index >= 15 is 0 Å². The molecule has 0 aliphatic heterocycles. The SMILES string of the molecule is O=[N+]([O-])c1cc(/C=N\Nc2ncccc2[N+](=O)[O-])ccc1OCc1ccccc1. The van der Waals surface area contributed by atoms with Crippen molar-refractivity contribution in [1.29, 1.82) is 0 Å². The van der Waals surface area contributed by atoms with E-state index in [1.165, 1.54) is 36.7 Å². The molecule has 1 N–H and O–H groups in total. The van der Waals surface area contributed by atoms with Gasteiger partial charge in [0.25, 0.3) is 0 Å². The fraction of sp³-hybridized carbons (Fsp3) is 0.0526. The second-order valence-electron chi connectivity index (χ2n) is 5.76. The number of nitro groups is 2. The Hall–Kier alpha value is -4.34. The zero-order valence-electron chi connectivity index (χ0n) is 15.0. The van der Waals surface area contributed by atoms with Crippen LogP contribution in [0.2, 0.25) is 0 Å². The Morgan fingerprint density at radius 3 is 2.48 bits per heavy atom. The Bertz CT molecular complexity index is 1060. The molecular formula is C19H15N5O5. The first-order chi connectivity index (χ1) is 14.0. The molecule has 10 nitrogen and oxygen atoms in total. The Morgan fingerprint density at radius 1 is 1.00 bits per heavy atom. The Morgan fingerprint density at radius 2 is 1.76 bits per heavy atom. The van der Waals surface area contributed by atoms with Crippen LogP contribution in [0, 0.1) is 20.2 Å². The lowest BCUT2D eigenvalue weighted by Crippen LogP contribution is -2.01. The van der Waals surface area contributed by atoms with Crippen LogP contribution in [-0.2, 0) is 6.61 Å². The maximum absolute atomic E-state index is 11.4. The van der Waals surface area contributed by atoms with Crippen LogP contribution in [0.4, 0.5) is 17.2 Å². The van der Waals surface area contributed by atoms with Crippen LogP contribution in [0.25, 0.3) is 0 Å². The number of hydrogen-bond acceptors (Lipinski definition) is 8. The summed E-state index contributed by atoms with van der Waals surface area (Å²) in [4.78, 5) is 25.1. The summed E-state index contributed by atoms with van der Waals surface area (Å²) in [6.45, 7) is 0.194. The first-order valence-electron chi connectivity index (χ1n) is 8.38. The molecule has 10 heteroatoms. The molecule has 3 rings (SSSR count). The van der Waals surface area contributed by atoms with Crippen LogP contribution >= 0.6 is 0 Å². The van der Waals surface area contributed by atoms with Crippen molar-refractivity contribution in [2.45, 2.75) is 6.61 Å². The molecule has 0 aliphatic rings. The van der Waals surface area contributed by atoms with Gasteiger partial charge in [-0.1, -0.05) is 30.3 Å². The van der Waals surface area contributed by atoms with Crippen molar-refractivity contribution in [2.75, 3.05) is 5.43 Å². The van der Waals surface area contributed by atoms with Gasteiger partial charge in [-0.05, 0) is 23.8 Å². The highest BCUT2D eigenvalue weighted by Gasteiger charge is 2.16. The summed E-state index contributed by atoms with van der Waals surface area (Å²) >= 11 is 0. The lowest BCUT2D eigenvalue weighted by Gasteiger charge is -2.07. The summed E-state index contributed by atoms with van der Waals surface area (Å²) in [5.74, 6) is 0.0930. The van der Waals surface area contributed by atoms with Crippen molar-refractivity contribution in [3.05, 3.63) is 98.2 Å². The number of nitrogens with zero attached hydrogens (tertiary/aromatic N) is 4. The predicted molar refractivity (Wildman–Crippen MR) is 106 cm³/mol. The van der Waals surface area contributed by atoms with Gasteiger partial charge in [0.05, 0.1) is 16.1 Å². The molecule has 0 spiro atoms. The minimum Gasteiger partial charge on any atom is -0.482 e.